The molecular weight excluding hydrogens is 292 g/mol. The molecule has 2 fully saturated rings. The van der Waals surface area contributed by atoms with E-state index >= 15 is 0 Å². The maximum absolute atomic E-state index is 12.6. The molecule has 1 saturated heterocycles. The summed E-state index contributed by atoms with van der Waals surface area (Å²) in [6, 6.07) is 2.06. The van der Waals surface area contributed by atoms with Crippen molar-refractivity contribution >= 4 is 11.8 Å². The van der Waals surface area contributed by atoms with E-state index < -0.39 is 0 Å². The fraction of sp³-hybridized carbons (Fsp3) is 0.706. The topological polar surface area (TPSA) is 69.3 Å². The van der Waals surface area contributed by atoms with Crippen molar-refractivity contribution in [2.24, 2.45) is 11.8 Å². The average Bonchev–Trinajstić information content (AvgIpc) is 3.14. The van der Waals surface area contributed by atoms with E-state index in [1.807, 2.05) is 4.90 Å². The molecule has 1 atom stereocenters. The van der Waals surface area contributed by atoms with Gasteiger partial charge in [-0.1, -0.05) is 13.8 Å². The summed E-state index contributed by atoms with van der Waals surface area (Å²) in [5, 5.41) is 7.35. The standard InChI is InChI=1S/C17H26N4O2/c1-11(2)8-21-9-13(6-16(21)22)17(23)20(3)10-14-7-15(19-18-14)12-4-5-12/h7,11-13H,4-6,8-10H2,1-3H3,(H,18,19). The number of nitrogens with one attached hydrogen (secondary N) is 1. The van der Waals surface area contributed by atoms with E-state index in [0.29, 0.717) is 31.3 Å². The molecule has 1 unspecified atom stereocenters. The summed E-state index contributed by atoms with van der Waals surface area (Å²) >= 11 is 0. The lowest BCUT2D eigenvalue weighted by Gasteiger charge is -2.21. The predicted molar refractivity (Wildman–Crippen MR) is 86.6 cm³/mol. The third-order valence-corrected chi connectivity index (χ3v) is 4.58. The van der Waals surface area contributed by atoms with Crippen LogP contribution < -0.4 is 0 Å². The smallest absolute Gasteiger partial charge is 0.228 e. The Kier molecular flexibility index (Phi) is 4.41. The van der Waals surface area contributed by atoms with E-state index in [1.54, 1.807) is 11.9 Å². The number of nitrogens with zero attached hydrogens (tertiary/aromatic N) is 3. The molecule has 6 nitrogen and oxygen atoms in total. The molecule has 0 radical (unpaired) electrons. The Morgan fingerprint density at radius 1 is 1.48 bits per heavy atom. The fourth-order valence-corrected chi connectivity index (χ4v) is 3.25. The van der Waals surface area contributed by atoms with E-state index in [4.69, 9.17) is 0 Å². The molecule has 126 valence electrons. The molecule has 1 aromatic rings. The molecule has 2 amide bonds. The van der Waals surface area contributed by atoms with Crippen molar-refractivity contribution in [3.05, 3.63) is 17.5 Å². The lowest BCUT2D eigenvalue weighted by atomic mass is 10.1. The lowest BCUT2D eigenvalue weighted by molar-refractivity contribution is -0.135. The van der Waals surface area contributed by atoms with E-state index in [1.165, 1.54) is 12.8 Å². The third-order valence-electron chi connectivity index (χ3n) is 4.58. The highest BCUT2D eigenvalue weighted by Crippen LogP contribution is 2.39. The number of H-pyrrole nitrogens is 1. The number of carbonyl (C=O) groups is 2. The van der Waals surface area contributed by atoms with Crippen LogP contribution in [0.25, 0.3) is 0 Å². The van der Waals surface area contributed by atoms with Gasteiger partial charge in [-0.25, -0.2) is 0 Å². The van der Waals surface area contributed by atoms with Crippen LogP contribution in [0.5, 0.6) is 0 Å². The quantitative estimate of drug-likeness (QED) is 0.869. The van der Waals surface area contributed by atoms with E-state index in [2.05, 4.69) is 30.1 Å². The van der Waals surface area contributed by atoms with E-state index in [9.17, 15) is 9.59 Å². The Labute approximate surface area is 137 Å². The van der Waals surface area contributed by atoms with Crippen molar-refractivity contribution in [1.29, 1.82) is 0 Å². The second kappa shape index (κ2) is 6.34. The van der Waals surface area contributed by atoms with Gasteiger partial charge in [-0.3, -0.25) is 14.7 Å². The van der Waals surface area contributed by atoms with E-state index in [0.717, 1.165) is 17.9 Å². The Morgan fingerprint density at radius 3 is 2.87 bits per heavy atom. The minimum absolute atomic E-state index is 0.0483. The van der Waals surface area contributed by atoms with Crippen LogP contribution in [0.2, 0.25) is 0 Å². The maximum Gasteiger partial charge on any atom is 0.228 e. The van der Waals surface area contributed by atoms with Crippen molar-refractivity contribution in [2.75, 3.05) is 20.1 Å². The van der Waals surface area contributed by atoms with Crippen LogP contribution in [0.4, 0.5) is 0 Å². The summed E-state index contributed by atoms with van der Waals surface area (Å²) in [7, 11) is 1.80. The van der Waals surface area contributed by atoms with Crippen LogP contribution in [0.1, 0.15) is 50.4 Å². The Bertz CT molecular complexity index is 591. The van der Waals surface area contributed by atoms with Gasteiger partial charge in [0, 0.05) is 32.5 Å². The first-order chi connectivity index (χ1) is 10.9. The first kappa shape index (κ1) is 16.0. The average molecular weight is 318 g/mol. The molecule has 0 spiro atoms. The van der Waals surface area contributed by atoms with Crippen LogP contribution in [0, 0.1) is 11.8 Å². The zero-order valence-corrected chi connectivity index (χ0v) is 14.2. The molecule has 0 bridgehead atoms. The van der Waals surface area contributed by atoms with Gasteiger partial charge in [-0.15, -0.1) is 0 Å². The second-order valence-corrected chi connectivity index (χ2v) is 7.38. The van der Waals surface area contributed by atoms with E-state index in [-0.39, 0.29) is 17.7 Å². The van der Waals surface area contributed by atoms with Crippen LogP contribution in [-0.4, -0.2) is 51.9 Å². The SMILES string of the molecule is CC(C)CN1CC(C(=O)N(C)Cc2cc(C3CC3)n[nH]2)CC1=O. The van der Waals surface area contributed by atoms with Gasteiger partial charge in [0.2, 0.25) is 11.8 Å². The van der Waals surface area contributed by atoms with Crippen LogP contribution in [0.3, 0.4) is 0 Å². The third kappa shape index (κ3) is 3.74. The molecule has 6 heteroatoms. The largest absolute Gasteiger partial charge is 0.342 e. The van der Waals surface area contributed by atoms with Gasteiger partial charge < -0.3 is 9.80 Å². The zero-order valence-electron chi connectivity index (χ0n) is 14.2. The van der Waals surface area contributed by atoms with Gasteiger partial charge in [0.05, 0.1) is 23.9 Å². The van der Waals surface area contributed by atoms with Gasteiger partial charge in [0.25, 0.3) is 0 Å². The molecule has 1 aromatic heterocycles. The number of carbonyl (C=O) groups excluding carboxylic acids is 2. The van der Waals surface area contributed by atoms with Crippen LogP contribution in [0.15, 0.2) is 6.07 Å². The minimum atomic E-state index is -0.211. The number of rotatable bonds is 6. The Hall–Kier alpha value is -1.85. The van der Waals surface area contributed by atoms with Gasteiger partial charge in [0.1, 0.15) is 0 Å². The van der Waals surface area contributed by atoms with Gasteiger partial charge >= 0.3 is 0 Å². The Morgan fingerprint density at radius 2 is 2.22 bits per heavy atom. The maximum atomic E-state index is 12.6. The van der Waals surface area contributed by atoms with Crippen molar-refractivity contribution in [3.8, 4) is 0 Å². The molecule has 1 saturated carbocycles. The highest BCUT2D eigenvalue weighted by Gasteiger charge is 2.36. The fourth-order valence-electron chi connectivity index (χ4n) is 3.25. The first-order valence-electron chi connectivity index (χ1n) is 8.51. The summed E-state index contributed by atoms with van der Waals surface area (Å²) in [5.41, 5.74) is 2.08. The summed E-state index contributed by atoms with van der Waals surface area (Å²) in [4.78, 5) is 28.2. The molecule has 1 N–H and O–H groups in total. The van der Waals surface area contributed by atoms with Crippen LogP contribution in [-0.2, 0) is 16.1 Å². The number of aromatic amines is 1. The molecule has 1 aliphatic heterocycles. The highest BCUT2D eigenvalue weighted by molar-refractivity contribution is 5.89. The summed E-state index contributed by atoms with van der Waals surface area (Å²) in [6.07, 6.45) is 2.77. The van der Waals surface area contributed by atoms with Gasteiger partial charge in [-0.2, -0.15) is 5.10 Å². The van der Waals surface area contributed by atoms with Crippen molar-refractivity contribution in [1.82, 2.24) is 20.0 Å². The van der Waals surface area contributed by atoms with Crippen molar-refractivity contribution in [3.63, 3.8) is 0 Å². The van der Waals surface area contributed by atoms with Crippen LogP contribution >= 0.6 is 0 Å². The van der Waals surface area contributed by atoms with Crippen molar-refractivity contribution in [2.45, 2.75) is 45.6 Å². The first-order valence-corrected chi connectivity index (χ1v) is 8.51. The molecular formula is C17H26N4O2. The number of hydrogen-bond donors (Lipinski definition) is 1. The predicted octanol–water partition coefficient (Wildman–Crippen LogP) is 1.75. The summed E-state index contributed by atoms with van der Waals surface area (Å²) < 4.78 is 0. The van der Waals surface area contributed by atoms with Gasteiger partial charge in [-0.05, 0) is 24.8 Å². The van der Waals surface area contributed by atoms with Crippen molar-refractivity contribution < 1.29 is 9.59 Å². The minimum Gasteiger partial charge on any atom is -0.342 e. The molecule has 1 aliphatic carbocycles. The monoisotopic (exact) mass is 318 g/mol. The normalized spacial score (nSPS) is 21.3. The summed E-state index contributed by atoms with van der Waals surface area (Å²) in [6.45, 7) is 5.98. The molecule has 0 aromatic carbocycles. The highest BCUT2D eigenvalue weighted by atomic mass is 16.2. The zero-order chi connectivity index (χ0) is 16.6. The number of aromatic nitrogens is 2. The molecule has 23 heavy (non-hydrogen) atoms. The molecule has 2 heterocycles. The second-order valence-electron chi connectivity index (χ2n) is 7.38. The molecule has 3 rings (SSSR count). The number of likely N-dealkylation sites (tertiary alicyclic amines) is 1. The lowest BCUT2D eigenvalue weighted by Crippen LogP contribution is -2.35. The number of amides is 2. The number of hydrogen-bond acceptors (Lipinski definition) is 3. The Balaban J connectivity index is 1.55. The van der Waals surface area contributed by atoms with Gasteiger partial charge in [0.15, 0.2) is 0 Å². The molecule has 2 aliphatic rings. The summed E-state index contributed by atoms with van der Waals surface area (Å²) in [5.74, 6) is 0.974.